The van der Waals surface area contributed by atoms with Crippen molar-refractivity contribution < 1.29 is 0 Å². The minimum atomic E-state index is -0.0425. The molecule has 0 spiro atoms. The highest BCUT2D eigenvalue weighted by molar-refractivity contribution is 8.04. The molecule has 0 radical (unpaired) electrons. The maximum Gasteiger partial charge on any atom is 0.0498 e. The van der Waals surface area contributed by atoms with Crippen LogP contribution in [0, 0.1) is 0 Å². The van der Waals surface area contributed by atoms with E-state index >= 15 is 0 Å². The highest BCUT2D eigenvalue weighted by atomic mass is 32.2. The fourth-order valence-electron chi connectivity index (χ4n) is 1.94. The summed E-state index contributed by atoms with van der Waals surface area (Å²) in [6, 6.07) is -0.0681. The van der Waals surface area contributed by atoms with E-state index in [1.807, 2.05) is 18.7 Å². The lowest BCUT2D eigenvalue weighted by molar-refractivity contribution is 0.645. The summed E-state index contributed by atoms with van der Waals surface area (Å²) in [5, 5.41) is 0.677. The average molecular weight is 222 g/mol. The van der Waals surface area contributed by atoms with Crippen molar-refractivity contribution in [1.29, 1.82) is 0 Å². The summed E-state index contributed by atoms with van der Waals surface area (Å²) in [4.78, 5) is 1.33. The molecule has 2 aliphatic rings. The second-order valence-electron chi connectivity index (χ2n) is 4.32. The minimum absolute atomic E-state index is 0.0255. The smallest absolute Gasteiger partial charge is 0.0498 e. The largest absolute Gasteiger partial charge is 0.323 e. The maximum atomic E-state index is 6.15. The average Bonchev–Trinajstić information content (AvgIpc) is 2.61. The van der Waals surface area contributed by atoms with E-state index in [0.717, 1.165) is 6.42 Å². The zero-order valence-corrected chi connectivity index (χ0v) is 10.1. The number of hydrogen-bond donors (Lipinski definition) is 2. The second kappa shape index (κ2) is 4.16. The third-order valence-corrected chi connectivity index (χ3v) is 4.30. The first-order valence-corrected chi connectivity index (χ1v) is 6.24. The Bertz CT molecular complexity index is 355. The Balaban J connectivity index is 2.23. The van der Waals surface area contributed by atoms with Crippen LogP contribution in [0.3, 0.4) is 0 Å². The second-order valence-corrected chi connectivity index (χ2v) is 5.80. The fourth-order valence-corrected chi connectivity index (χ4v) is 3.10. The van der Waals surface area contributed by atoms with Gasteiger partial charge in [-0.2, -0.15) is 0 Å². The monoisotopic (exact) mass is 222 g/mol. The molecule has 3 atom stereocenters. The Labute approximate surface area is 95.5 Å². The van der Waals surface area contributed by atoms with Crippen molar-refractivity contribution in [2.45, 2.75) is 37.6 Å². The Hall–Kier alpha value is -0.510. The van der Waals surface area contributed by atoms with E-state index in [2.05, 4.69) is 25.2 Å². The SMILES string of the molecule is CC1=CC=C(C2=CCC(C)S2)C(N)C1N. The van der Waals surface area contributed by atoms with Gasteiger partial charge in [-0.15, -0.1) is 11.8 Å². The molecule has 0 aromatic carbocycles. The van der Waals surface area contributed by atoms with E-state index in [1.54, 1.807) is 0 Å². The normalized spacial score (nSPS) is 36.0. The maximum absolute atomic E-state index is 6.15. The van der Waals surface area contributed by atoms with Crippen LogP contribution in [0.25, 0.3) is 0 Å². The van der Waals surface area contributed by atoms with Crippen LogP contribution < -0.4 is 11.5 Å². The topological polar surface area (TPSA) is 52.0 Å². The van der Waals surface area contributed by atoms with E-state index in [0.29, 0.717) is 5.25 Å². The first-order chi connectivity index (χ1) is 7.09. The molecule has 1 aliphatic carbocycles. The van der Waals surface area contributed by atoms with E-state index in [1.165, 1.54) is 16.1 Å². The quantitative estimate of drug-likeness (QED) is 0.713. The van der Waals surface area contributed by atoms with Crippen LogP contribution in [0.2, 0.25) is 0 Å². The van der Waals surface area contributed by atoms with Gasteiger partial charge in [-0.05, 0) is 18.9 Å². The van der Waals surface area contributed by atoms with Crippen LogP contribution in [0.1, 0.15) is 20.3 Å². The molecule has 0 saturated carbocycles. The van der Waals surface area contributed by atoms with Crippen LogP contribution in [-0.4, -0.2) is 17.3 Å². The molecule has 4 N–H and O–H groups in total. The lowest BCUT2D eigenvalue weighted by Gasteiger charge is -2.27. The van der Waals surface area contributed by atoms with Gasteiger partial charge in [0, 0.05) is 22.2 Å². The summed E-state index contributed by atoms with van der Waals surface area (Å²) in [5.74, 6) is 0. The first-order valence-electron chi connectivity index (χ1n) is 5.36. The van der Waals surface area contributed by atoms with Gasteiger partial charge < -0.3 is 11.5 Å². The van der Waals surface area contributed by atoms with Crippen molar-refractivity contribution in [2.24, 2.45) is 11.5 Å². The molecular formula is C12H18N2S. The Kier molecular flexibility index (Phi) is 3.05. The third-order valence-electron chi connectivity index (χ3n) is 3.05. The molecule has 82 valence electrons. The number of rotatable bonds is 1. The predicted molar refractivity (Wildman–Crippen MR) is 67.5 cm³/mol. The summed E-state index contributed by atoms with van der Waals surface area (Å²) in [6.45, 7) is 4.28. The molecule has 3 unspecified atom stereocenters. The lowest BCUT2D eigenvalue weighted by atomic mass is 9.90. The van der Waals surface area contributed by atoms with Crippen LogP contribution in [-0.2, 0) is 0 Å². The van der Waals surface area contributed by atoms with E-state index in [9.17, 15) is 0 Å². The Morgan fingerprint density at radius 1 is 1.27 bits per heavy atom. The molecule has 1 aliphatic heterocycles. The zero-order valence-electron chi connectivity index (χ0n) is 9.23. The number of hydrogen-bond acceptors (Lipinski definition) is 3. The van der Waals surface area contributed by atoms with Crippen LogP contribution in [0.4, 0.5) is 0 Å². The third kappa shape index (κ3) is 2.05. The number of thioether (sulfide) groups is 1. The van der Waals surface area contributed by atoms with Crippen molar-refractivity contribution in [3.05, 3.63) is 34.3 Å². The number of allylic oxidation sites excluding steroid dienone is 3. The van der Waals surface area contributed by atoms with Gasteiger partial charge in [0.15, 0.2) is 0 Å². The molecule has 0 saturated heterocycles. The molecule has 3 heteroatoms. The van der Waals surface area contributed by atoms with Crippen molar-refractivity contribution >= 4 is 11.8 Å². The summed E-state index contributed by atoms with van der Waals surface area (Å²) in [5.41, 5.74) is 14.6. The Morgan fingerprint density at radius 2 is 2.00 bits per heavy atom. The molecule has 15 heavy (non-hydrogen) atoms. The van der Waals surface area contributed by atoms with Crippen molar-refractivity contribution in [3.63, 3.8) is 0 Å². The molecule has 0 aromatic rings. The molecule has 0 bridgehead atoms. The van der Waals surface area contributed by atoms with Crippen molar-refractivity contribution in [1.82, 2.24) is 0 Å². The van der Waals surface area contributed by atoms with Crippen molar-refractivity contribution in [2.75, 3.05) is 0 Å². The number of nitrogens with two attached hydrogens (primary N) is 2. The van der Waals surface area contributed by atoms with Crippen molar-refractivity contribution in [3.8, 4) is 0 Å². The zero-order chi connectivity index (χ0) is 11.0. The van der Waals surface area contributed by atoms with E-state index in [-0.39, 0.29) is 12.1 Å². The molecule has 0 fully saturated rings. The van der Waals surface area contributed by atoms with Crippen LogP contribution in [0.5, 0.6) is 0 Å². The summed E-state index contributed by atoms with van der Waals surface area (Å²) in [6.07, 6.45) is 7.64. The molecule has 0 amide bonds. The van der Waals surface area contributed by atoms with Gasteiger partial charge >= 0.3 is 0 Å². The summed E-state index contributed by atoms with van der Waals surface area (Å²) in [7, 11) is 0. The summed E-state index contributed by atoms with van der Waals surface area (Å²) >= 11 is 1.91. The van der Waals surface area contributed by atoms with Crippen LogP contribution >= 0.6 is 11.8 Å². The predicted octanol–water partition coefficient (Wildman–Crippen LogP) is 1.94. The van der Waals surface area contributed by atoms with Gasteiger partial charge in [-0.1, -0.05) is 30.7 Å². The van der Waals surface area contributed by atoms with Crippen LogP contribution in [0.15, 0.2) is 34.3 Å². The van der Waals surface area contributed by atoms with Gasteiger partial charge in [0.05, 0.1) is 0 Å². The van der Waals surface area contributed by atoms with Gasteiger partial charge in [0.25, 0.3) is 0 Å². The molecule has 2 nitrogen and oxygen atoms in total. The van der Waals surface area contributed by atoms with Gasteiger partial charge in [-0.25, -0.2) is 0 Å². The first kappa shape index (κ1) is 11.0. The minimum Gasteiger partial charge on any atom is -0.323 e. The lowest BCUT2D eigenvalue weighted by Crippen LogP contribution is -2.45. The highest BCUT2D eigenvalue weighted by Gasteiger charge is 2.27. The Morgan fingerprint density at radius 3 is 2.60 bits per heavy atom. The fraction of sp³-hybridized carbons (Fsp3) is 0.500. The molecule has 2 rings (SSSR count). The van der Waals surface area contributed by atoms with E-state index in [4.69, 9.17) is 11.5 Å². The molecular weight excluding hydrogens is 204 g/mol. The van der Waals surface area contributed by atoms with Gasteiger partial charge in [-0.3, -0.25) is 0 Å². The molecule has 0 aromatic heterocycles. The standard InChI is InChI=1S/C12H18N2S/c1-7-3-5-9(12(14)11(7)13)10-6-4-8(2)15-10/h3,5-6,8,11-12H,4,13-14H2,1-2H3. The highest BCUT2D eigenvalue weighted by Crippen LogP contribution is 2.39. The summed E-state index contributed by atoms with van der Waals surface area (Å²) < 4.78 is 0. The van der Waals surface area contributed by atoms with Gasteiger partial charge in [0.2, 0.25) is 0 Å². The molecule has 1 heterocycles. The van der Waals surface area contributed by atoms with E-state index < -0.39 is 0 Å². The van der Waals surface area contributed by atoms with Gasteiger partial charge in [0.1, 0.15) is 0 Å².